The third kappa shape index (κ3) is 9.45. The summed E-state index contributed by atoms with van der Waals surface area (Å²) in [7, 11) is -3.82. The average molecular weight is 623 g/mol. The van der Waals surface area contributed by atoms with Gasteiger partial charge in [-0.15, -0.1) is 0 Å². The van der Waals surface area contributed by atoms with E-state index in [-0.39, 0.29) is 49.9 Å². The molecule has 0 saturated carbocycles. The summed E-state index contributed by atoms with van der Waals surface area (Å²) in [6.07, 6.45) is 1.98. The number of hydrogen-bond acceptors (Lipinski definition) is 4. The summed E-state index contributed by atoms with van der Waals surface area (Å²) in [5.41, 5.74) is 1.38. The molecule has 0 heterocycles. The zero-order chi connectivity index (χ0) is 30.0. The second-order valence-corrected chi connectivity index (χ2v) is 12.4. The van der Waals surface area contributed by atoms with Gasteiger partial charge in [0.15, 0.2) is 0 Å². The van der Waals surface area contributed by atoms with Crippen LogP contribution < -0.4 is 9.62 Å². The SMILES string of the molecule is CCCNC(=O)C(Cc1ccccc1)N(Cc1ccc(Cl)cc1Cl)C(=O)CCCN(c1ccccc1F)S(C)(=O)=O. The van der Waals surface area contributed by atoms with Gasteiger partial charge in [0.2, 0.25) is 21.8 Å². The second-order valence-electron chi connectivity index (χ2n) is 9.64. The van der Waals surface area contributed by atoms with Gasteiger partial charge in [-0.25, -0.2) is 12.8 Å². The maximum absolute atomic E-state index is 14.4. The first kappa shape index (κ1) is 32.4. The molecule has 0 saturated heterocycles. The van der Waals surface area contributed by atoms with Crippen molar-refractivity contribution in [3.63, 3.8) is 0 Å². The molecular formula is C30H34Cl2FN3O4S. The van der Waals surface area contributed by atoms with E-state index in [1.165, 1.54) is 23.1 Å². The fraction of sp³-hybridized carbons (Fsp3) is 0.333. The first-order chi connectivity index (χ1) is 19.5. The number of benzene rings is 3. The zero-order valence-corrected chi connectivity index (χ0v) is 25.4. The molecule has 0 bridgehead atoms. The minimum Gasteiger partial charge on any atom is -0.354 e. The van der Waals surface area contributed by atoms with Crippen molar-refractivity contribution in [2.75, 3.05) is 23.7 Å². The van der Waals surface area contributed by atoms with Crippen molar-refractivity contribution in [3.05, 3.63) is 99.8 Å². The Morgan fingerprint density at radius 1 is 1.00 bits per heavy atom. The minimum atomic E-state index is -3.82. The summed E-state index contributed by atoms with van der Waals surface area (Å²) in [4.78, 5) is 28.7. The fourth-order valence-corrected chi connectivity index (χ4v) is 5.82. The predicted octanol–water partition coefficient (Wildman–Crippen LogP) is 5.85. The van der Waals surface area contributed by atoms with Crippen LogP contribution in [0, 0.1) is 5.82 Å². The Morgan fingerprint density at radius 3 is 2.32 bits per heavy atom. The van der Waals surface area contributed by atoms with E-state index in [2.05, 4.69) is 5.32 Å². The Labute approximate surface area is 251 Å². The van der Waals surface area contributed by atoms with E-state index in [9.17, 15) is 22.4 Å². The van der Waals surface area contributed by atoms with E-state index >= 15 is 0 Å². The Morgan fingerprint density at radius 2 is 1.68 bits per heavy atom. The van der Waals surface area contributed by atoms with Gasteiger partial charge in [0.05, 0.1) is 11.9 Å². The largest absolute Gasteiger partial charge is 0.354 e. The van der Waals surface area contributed by atoms with Crippen LogP contribution in [0.3, 0.4) is 0 Å². The van der Waals surface area contributed by atoms with Crippen LogP contribution in [0.2, 0.25) is 10.0 Å². The van der Waals surface area contributed by atoms with Crippen LogP contribution in [0.5, 0.6) is 0 Å². The molecule has 11 heteroatoms. The van der Waals surface area contributed by atoms with Gasteiger partial charge in [0.25, 0.3) is 0 Å². The van der Waals surface area contributed by atoms with Gasteiger partial charge in [-0.2, -0.15) is 0 Å². The summed E-state index contributed by atoms with van der Waals surface area (Å²) in [5.74, 6) is -1.36. The lowest BCUT2D eigenvalue weighted by atomic mass is 10.0. The molecule has 41 heavy (non-hydrogen) atoms. The number of para-hydroxylation sites is 1. The van der Waals surface area contributed by atoms with Crippen molar-refractivity contribution >= 4 is 50.7 Å². The summed E-state index contributed by atoms with van der Waals surface area (Å²) < 4.78 is 40.4. The number of hydrogen-bond donors (Lipinski definition) is 1. The molecule has 1 unspecified atom stereocenters. The molecule has 3 aromatic carbocycles. The third-order valence-electron chi connectivity index (χ3n) is 6.45. The monoisotopic (exact) mass is 621 g/mol. The predicted molar refractivity (Wildman–Crippen MR) is 162 cm³/mol. The molecular weight excluding hydrogens is 588 g/mol. The Balaban J connectivity index is 1.91. The van der Waals surface area contributed by atoms with E-state index in [1.54, 1.807) is 24.3 Å². The quantitative estimate of drug-likeness (QED) is 0.245. The van der Waals surface area contributed by atoms with Crippen molar-refractivity contribution in [2.45, 2.75) is 45.2 Å². The first-order valence-corrected chi connectivity index (χ1v) is 15.9. The number of amides is 2. The molecule has 0 aliphatic rings. The lowest BCUT2D eigenvalue weighted by Gasteiger charge is -2.32. The number of carbonyl (C=O) groups is 2. The molecule has 2 amide bonds. The van der Waals surface area contributed by atoms with Crippen LogP contribution >= 0.6 is 23.2 Å². The van der Waals surface area contributed by atoms with Crippen molar-refractivity contribution in [3.8, 4) is 0 Å². The maximum atomic E-state index is 14.4. The van der Waals surface area contributed by atoms with Crippen LogP contribution in [-0.4, -0.2) is 50.5 Å². The fourth-order valence-electron chi connectivity index (χ4n) is 4.39. The van der Waals surface area contributed by atoms with Gasteiger partial charge in [0, 0.05) is 42.5 Å². The highest BCUT2D eigenvalue weighted by Crippen LogP contribution is 2.26. The maximum Gasteiger partial charge on any atom is 0.243 e. The highest BCUT2D eigenvalue weighted by atomic mass is 35.5. The second kappa shape index (κ2) is 15.2. The standard InChI is InChI=1S/C30H34Cl2FN3O4S/c1-3-17-34-30(38)28(19-22-10-5-4-6-11-22)35(21-23-15-16-24(31)20-25(23)32)29(37)14-9-18-36(41(2,39)40)27-13-8-7-12-26(27)33/h4-8,10-13,15-16,20,28H,3,9,14,17-19,21H2,1-2H3,(H,34,38). The number of halogens is 3. The number of rotatable bonds is 14. The van der Waals surface area contributed by atoms with Gasteiger partial charge in [-0.1, -0.05) is 78.7 Å². The number of sulfonamides is 1. The molecule has 1 atom stereocenters. The topological polar surface area (TPSA) is 86.8 Å². The van der Waals surface area contributed by atoms with Gasteiger partial charge >= 0.3 is 0 Å². The van der Waals surface area contributed by atoms with Crippen LogP contribution in [-0.2, 0) is 32.6 Å². The van der Waals surface area contributed by atoms with Crippen molar-refractivity contribution < 1.29 is 22.4 Å². The summed E-state index contributed by atoms with van der Waals surface area (Å²) in [6, 6.07) is 19.0. The molecule has 3 rings (SSSR count). The highest BCUT2D eigenvalue weighted by Gasteiger charge is 2.31. The van der Waals surface area contributed by atoms with E-state index < -0.39 is 21.9 Å². The molecule has 0 radical (unpaired) electrons. The smallest absolute Gasteiger partial charge is 0.243 e. The van der Waals surface area contributed by atoms with E-state index in [1.807, 2.05) is 37.3 Å². The molecule has 7 nitrogen and oxygen atoms in total. The van der Waals surface area contributed by atoms with E-state index in [0.717, 1.165) is 22.5 Å². The Hall–Kier alpha value is -3.14. The van der Waals surface area contributed by atoms with Crippen molar-refractivity contribution in [2.24, 2.45) is 0 Å². The summed E-state index contributed by atoms with van der Waals surface area (Å²) >= 11 is 12.5. The first-order valence-electron chi connectivity index (χ1n) is 13.3. The number of carbonyl (C=O) groups excluding carboxylic acids is 2. The lowest BCUT2D eigenvalue weighted by molar-refractivity contribution is -0.141. The van der Waals surface area contributed by atoms with Crippen molar-refractivity contribution in [1.29, 1.82) is 0 Å². The van der Waals surface area contributed by atoms with Gasteiger partial charge in [0.1, 0.15) is 11.9 Å². The van der Waals surface area contributed by atoms with Crippen LogP contribution in [0.25, 0.3) is 0 Å². The molecule has 1 N–H and O–H groups in total. The number of nitrogens with zero attached hydrogens (tertiary/aromatic N) is 2. The molecule has 220 valence electrons. The van der Waals surface area contributed by atoms with Gasteiger partial charge in [-0.05, 0) is 48.2 Å². The van der Waals surface area contributed by atoms with Gasteiger partial charge < -0.3 is 10.2 Å². The Bertz CT molecular complexity index is 1440. The summed E-state index contributed by atoms with van der Waals surface area (Å²) in [6.45, 7) is 2.30. The third-order valence-corrected chi connectivity index (χ3v) is 8.22. The highest BCUT2D eigenvalue weighted by molar-refractivity contribution is 7.92. The Kier molecular flexibility index (Phi) is 12.0. The molecule has 0 fully saturated rings. The van der Waals surface area contributed by atoms with Crippen LogP contribution in [0.1, 0.15) is 37.3 Å². The van der Waals surface area contributed by atoms with Crippen LogP contribution in [0.15, 0.2) is 72.8 Å². The van der Waals surface area contributed by atoms with Crippen LogP contribution in [0.4, 0.5) is 10.1 Å². The number of nitrogens with one attached hydrogen (secondary N) is 1. The molecule has 0 aliphatic carbocycles. The zero-order valence-electron chi connectivity index (χ0n) is 23.0. The average Bonchev–Trinajstić information content (AvgIpc) is 2.93. The molecule has 0 aromatic heterocycles. The number of anilines is 1. The van der Waals surface area contributed by atoms with E-state index in [4.69, 9.17) is 23.2 Å². The van der Waals surface area contributed by atoms with Crippen molar-refractivity contribution in [1.82, 2.24) is 10.2 Å². The summed E-state index contributed by atoms with van der Waals surface area (Å²) in [5, 5.41) is 3.69. The van der Waals surface area contributed by atoms with E-state index in [0.29, 0.717) is 22.2 Å². The molecule has 0 aliphatic heterocycles. The lowest BCUT2D eigenvalue weighted by Crippen LogP contribution is -2.50. The normalized spacial score (nSPS) is 12.0. The minimum absolute atomic E-state index is 0.0367. The molecule has 0 spiro atoms. The molecule has 3 aromatic rings. The van der Waals surface area contributed by atoms with Gasteiger partial charge in [-0.3, -0.25) is 13.9 Å².